The third-order valence-corrected chi connectivity index (χ3v) is 4.74. The zero-order chi connectivity index (χ0) is 19.4. The second-order valence-corrected chi connectivity index (χ2v) is 6.75. The van der Waals surface area contributed by atoms with Crippen LogP contribution in [0.5, 0.6) is 0 Å². The molecule has 0 radical (unpaired) electrons. The molecule has 8 heteroatoms. The van der Waals surface area contributed by atoms with Crippen LogP contribution in [0.25, 0.3) is 0 Å². The van der Waals surface area contributed by atoms with Crippen molar-refractivity contribution < 1.29 is 4.74 Å². The molecule has 2 N–H and O–H groups in total. The third kappa shape index (κ3) is 6.61. The Morgan fingerprint density at radius 3 is 2.61 bits per heavy atom. The Morgan fingerprint density at radius 2 is 1.86 bits per heavy atom. The standard InChI is InChI=1S/C20H31N7O/c1-2-19-25-24-17-27(19)11-9-22-20(23-16-18-6-4-3-5-7-18)21-8-10-26-12-14-28-15-13-26/h3-7,17H,2,8-16H2,1H3,(H2,21,22,23). The molecule has 1 aromatic carbocycles. The van der Waals surface area contributed by atoms with Crippen molar-refractivity contribution >= 4 is 5.96 Å². The van der Waals surface area contributed by atoms with Crippen LogP contribution in [0.3, 0.4) is 0 Å². The molecule has 1 aromatic heterocycles. The molecular formula is C20H31N7O. The van der Waals surface area contributed by atoms with Crippen LogP contribution in [-0.4, -0.2) is 71.6 Å². The molecule has 3 rings (SSSR count). The van der Waals surface area contributed by atoms with Crippen molar-refractivity contribution in [3.8, 4) is 0 Å². The van der Waals surface area contributed by atoms with Gasteiger partial charge in [-0.25, -0.2) is 4.99 Å². The van der Waals surface area contributed by atoms with Crippen LogP contribution < -0.4 is 10.6 Å². The van der Waals surface area contributed by atoms with E-state index in [4.69, 9.17) is 9.73 Å². The summed E-state index contributed by atoms with van der Waals surface area (Å²) >= 11 is 0. The van der Waals surface area contributed by atoms with E-state index < -0.39 is 0 Å². The molecule has 1 fully saturated rings. The number of guanidine groups is 1. The number of hydrogen-bond acceptors (Lipinski definition) is 5. The summed E-state index contributed by atoms with van der Waals surface area (Å²) in [5.74, 6) is 1.84. The minimum atomic E-state index is 0.653. The van der Waals surface area contributed by atoms with Gasteiger partial charge in [-0.15, -0.1) is 10.2 Å². The Balaban J connectivity index is 1.50. The molecule has 0 unspecified atom stereocenters. The van der Waals surface area contributed by atoms with Gasteiger partial charge < -0.3 is 19.9 Å². The minimum absolute atomic E-state index is 0.653. The van der Waals surface area contributed by atoms with Gasteiger partial charge in [-0.05, 0) is 5.56 Å². The minimum Gasteiger partial charge on any atom is -0.379 e. The van der Waals surface area contributed by atoms with Crippen molar-refractivity contribution in [2.75, 3.05) is 45.9 Å². The van der Waals surface area contributed by atoms with Crippen molar-refractivity contribution in [3.05, 3.63) is 48.0 Å². The number of rotatable bonds is 9. The average Bonchev–Trinajstić information content (AvgIpc) is 3.20. The average molecular weight is 386 g/mol. The lowest BCUT2D eigenvalue weighted by Crippen LogP contribution is -2.45. The smallest absolute Gasteiger partial charge is 0.191 e. The quantitative estimate of drug-likeness (QED) is 0.493. The second-order valence-electron chi connectivity index (χ2n) is 6.75. The highest BCUT2D eigenvalue weighted by Gasteiger charge is 2.10. The molecule has 0 saturated carbocycles. The molecule has 1 saturated heterocycles. The van der Waals surface area contributed by atoms with Gasteiger partial charge >= 0.3 is 0 Å². The number of aromatic nitrogens is 3. The lowest BCUT2D eigenvalue weighted by molar-refractivity contribution is 0.0389. The molecule has 0 aliphatic carbocycles. The first-order chi connectivity index (χ1) is 13.8. The molecule has 0 amide bonds. The van der Waals surface area contributed by atoms with Gasteiger partial charge in [0, 0.05) is 45.7 Å². The molecule has 1 aliphatic rings. The summed E-state index contributed by atoms with van der Waals surface area (Å²) in [6.45, 7) is 9.81. The Hall–Kier alpha value is -2.45. The van der Waals surface area contributed by atoms with Crippen LogP contribution >= 0.6 is 0 Å². The maximum atomic E-state index is 5.41. The highest BCUT2D eigenvalue weighted by atomic mass is 16.5. The summed E-state index contributed by atoms with van der Waals surface area (Å²) in [5.41, 5.74) is 1.20. The van der Waals surface area contributed by atoms with Crippen LogP contribution in [0.4, 0.5) is 0 Å². The van der Waals surface area contributed by atoms with Gasteiger partial charge in [0.2, 0.25) is 0 Å². The molecule has 2 aromatic rings. The second kappa shape index (κ2) is 11.4. The Labute approximate surface area is 167 Å². The highest BCUT2D eigenvalue weighted by Crippen LogP contribution is 2.00. The summed E-state index contributed by atoms with van der Waals surface area (Å²) in [5, 5.41) is 15.0. The van der Waals surface area contributed by atoms with E-state index in [2.05, 4.69) is 49.4 Å². The number of benzene rings is 1. The zero-order valence-corrected chi connectivity index (χ0v) is 16.7. The van der Waals surface area contributed by atoms with Gasteiger partial charge in [0.1, 0.15) is 12.2 Å². The number of nitrogens with one attached hydrogen (secondary N) is 2. The number of hydrogen-bond donors (Lipinski definition) is 2. The van der Waals surface area contributed by atoms with Crippen LogP contribution in [0.2, 0.25) is 0 Å². The summed E-state index contributed by atoms with van der Waals surface area (Å²) in [7, 11) is 0. The molecule has 0 atom stereocenters. The summed E-state index contributed by atoms with van der Waals surface area (Å²) in [6.07, 6.45) is 2.67. The van der Waals surface area contributed by atoms with Gasteiger partial charge in [-0.3, -0.25) is 4.90 Å². The largest absolute Gasteiger partial charge is 0.379 e. The summed E-state index contributed by atoms with van der Waals surface area (Å²) in [6, 6.07) is 10.3. The van der Waals surface area contributed by atoms with E-state index in [0.717, 1.165) is 70.7 Å². The fourth-order valence-electron chi connectivity index (χ4n) is 3.12. The van der Waals surface area contributed by atoms with Gasteiger partial charge in [0.15, 0.2) is 5.96 Å². The maximum Gasteiger partial charge on any atom is 0.191 e. The summed E-state index contributed by atoms with van der Waals surface area (Å²) in [4.78, 5) is 7.16. The lowest BCUT2D eigenvalue weighted by atomic mass is 10.2. The first-order valence-electron chi connectivity index (χ1n) is 10.1. The molecule has 0 spiro atoms. The van der Waals surface area contributed by atoms with Crippen molar-refractivity contribution in [3.63, 3.8) is 0 Å². The summed E-state index contributed by atoms with van der Waals surface area (Å²) < 4.78 is 7.49. The molecule has 1 aliphatic heterocycles. The van der Waals surface area contributed by atoms with Crippen LogP contribution in [-0.2, 0) is 24.2 Å². The van der Waals surface area contributed by atoms with E-state index in [9.17, 15) is 0 Å². The van der Waals surface area contributed by atoms with Gasteiger partial charge in [0.25, 0.3) is 0 Å². The number of nitrogens with zero attached hydrogens (tertiary/aromatic N) is 5. The van der Waals surface area contributed by atoms with Crippen molar-refractivity contribution in [2.24, 2.45) is 4.99 Å². The van der Waals surface area contributed by atoms with Crippen LogP contribution in [0, 0.1) is 0 Å². The predicted molar refractivity (Wildman–Crippen MR) is 110 cm³/mol. The molecule has 8 nitrogen and oxygen atoms in total. The first kappa shape index (κ1) is 20.3. The van der Waals surface area contributed by atoms with E-state index >= 15 is 0 Å². The van der Waals surface area contributed by atoms with E-state index in [-0.39, 0.29) is 0 Å². The maximum absolute atomic E-state index is 5.41. The Kier molecular flexibility index (Phi) is 8.26. The lowest BCUT2D eigenvalue weighted by Gasteiger charge is -2.26. The van der Waals surface area contributed by atoms with Crippen molar-refractivity contribution in [2.45, 2.75) is 26.4 Å². The van der Waals surface area contributed by atoms with E-state index in [0.29, 0.717) is 6.54 Å². The Morgan fingerprint density at radius 1 is 1.11 bits per heavy atom. The van der Waals surface area contributed by atoms with Crippen molar-refractivity contribution in [1.29, 1.82) is 0 Å². The van der Waals surface area contributed by atoms with Gasteiger partial charge in [-0.2, -0.15) is 0 Å². The first-order valence-corrected chi connectivity index (χ1v) is 10.1. The fraction of sp³-hybridized carbons (Fsp3) is 0.550. The molecule has 28 heavy (non-hydrogen) atoms. The monoisotopic (exact) mass is 385 g/mol. The highest BCUT2D eigenvalue weighted by molar-refractivity contribution is 5.79. The van der Waals surface area contributed by atoms with E-state index in [1.807, 2.05) is 18.2 Å². The van der Waals surface area contributed by atoms with E-state index in [1.54, 1.807) is 6.33 Å². The SMILES string of the molecule is CCc1nncn1CCNC(=NCc1ccccc1)NCCN1CCOCC1. The molecular weight excluding hydrogens is 354 g/mol. The number of aliphatic imine (C=N–C) groups is 1. The topological polar surface area (TPSA) is 79.6 Å². The number of aryl methyl sites for hydroxylation is 1. The van der Waals surface area contributed by atoms with Gasteiger partial charge in [0.05, 0.1) is 19.8 Å². The van der Waals surface area contributed by atoms with Gasteiger partial charge in [-0.1, -0.05) is 37.3 Å². The molecule has 152 valence electrons. The third-order valence-electron chi connectivity index (χ3n) is 4.74. The van der Waals surface area contributed by atoms with Crippen molar-refractivity contribution in [1.82, 2.24) is 30.3 Å². The normalized spacial score (nSPS) is 15.5. The fourth-order valence-corrected chi connectivity index (χ4v) is 3.12. The van der Waals surface area contributed by atoms with Crippen LogP contribution in [0.15, 0.2) is 41.7 Å². The Bertz CT molecular complexity index is 710. The van der Waals surface area contributed by atoms with E-state index in [1.165, 1.54) is 5.56 Å². The van der Waals surface area contributed by atoms with Crippen LogP contribution in [0.1, 0.15) is 18.3 Å². The molecule has 0 bridgehead atoms. The number of morpholine rings is 1. The zero-order valence-electron chi connectivity index (χ0n) is 16.7. The predicted octanol–water partition coefficient (Wildman–Crippen LogP) is 0.908. The number of ether oxygens (including phenoxy) is 1. The molecule has 2 heterocycles.